The van der Waals surface area contributed by atoms with Crippen molar-refractivity contribution in [2.75, 3.05) is 23.8 Å². The molecule has 1 atom stereocenters. The van der Waals surface area contributed by atoms with Gasteiger partial charge in [0.25, 0.3) is 0 Å². The van der Waals surface area contributed by atoms with Crippen molar-refractivity contribution in [1.82, 2.24) is 9.97 Å². The second kappa shape index (κ2) is 6.52. The van der Waals surface area contributed by atoms with Crippen molar-refractivity contribution in [2.45, 2.75) is 40.2 Å². The number of hydrogen-bond donors (Lipinski definition) is 1. The van der Waals surface area contributed by atoms with Crippen molar-refractivity contribution in [3.8, 4) is 0 Å². The largest absolute Gasteiger partial charge is 0.354 e. The maximum absolute atomic E-state index is 13.8. The van der Waals surface area contributed by atoms with Crippen molar-refractivity contribution in [2.24, 2.45) is 5.92 Å². The summed E-state index contributed by atoms with van der Waals surface area (Å²) in [4.78, 5) is 10.00. The number of halogens is 1. The Morgan fingerprint density at radius 2 is 2.06 bits per heavy atom. The smallest absolute Gasteiger partial charge is 0.224 e. The monoisotopic (exact) mass is 254 g/mol. The first kappa shape index (κ1) is 14.7. The third-order valence-corrected chi connectivity index (χ3v) is 2.87. The summed E-state index contributed by atoms with van der Waals surface area (Å²) in [5.41, 5.74) is 0. The zero-order valence-corrected chi connectivity index (χ0v) is 11.9. The van der Waals surface area contributed by atoms with E-state index in [1.165, 1.54) is 6.20 Å². The molecule has 0 aromatic carbocycles. The fraction of sp³-hybridized carbons (Fsp3) is 0.692. The Labute approximate surface area is 109 Å². The van der Waals surface area contributed by atoms with Crippen molar-refractivity contribution in [1.29, 1.82) is 0 Å². The van der Waals surface area contributed by atoms with E-state index in [1.807, 2.05) is 18.9 Å². The first-order valence-corrected chi connectivity index (χ1v) is 6.44. The maximum Gasteiger partial charge on any atom is 0.224 e. The van der Waals surface area contributed by atoms with Crippen LogP contribution in [-0.2, 0) is 0 Å². The van der Waals surface area contributed by atoms with Crippen LogP contribution in [0.25, 0.3) is 0 Å². The summed E-state index contributed by atoms with van der Waals surface area (Å²) in [5, 5.41) is 2.99. The van der Waals surface area contributed by atoms with Crippen LogP contribution < -0.4 is 10.2 Å². The number of rotatable bonds is 6. The van der Waals surface area contributed by atoms with Gasteiger partial charge in [-0.25, -0.2) is 9.37 Å². The molecule has 1 rings (SSSR count). The molecule has 1 aromatic heterocycles. The summed E-state index contributed by atoms with van der Waals surface area (Å²) in [6, 6.07) is 0.240. The van der Waals surface area contributed by atoms with E-state index in [4.69, 9.17) is 0 Å². The fourth-order valence-corrected chi connectivity index (χ4v) is 1.90. The topological polar surface area (TPSA) is 41.1 Å². The summed E-state index contributed by atoms with van der Waals surface area (Å²) in [7, 11) is 1.87. The van der Waals surface area contributed by atoms with E-state index in [0.29, 0.717) is 17.7 Å². The predicted octanol–water partition coefficient (Wildman–Crippen LogP) is 2.92. The Bertz CT molecular complexity index is 381. The summed E-state index contributed by atoms with van der Waals surface area (Å²) < 4.78 is 13.8. The van der Waals surface area contributed by atoms with E-state index in [1.54, 1.807) is 0 Å². The van der Waals surface area contributed by atoms with E-state index in [0.717, 1.165) is 13.0 Å². The van der Waals surface area contributed by atoms with Gasteiger partial charge in [0.05, 0.1) is 6.20 Å². The minimum atomic E-state index is -0.380. The summed E-state index contributed by atoms with van der Waals surface area (Å²) in [5.74, 6) is 1.02. The van der Waals surface area contributed by atoms with Crippen molar-refractivity contribution < 1.29 is 4.39 Å². The van der Waals surface area contributed by atoms with E-state index in [-0.39, 0.29) is 11.9 Å². The first-order chi connectivity index (χ1) is 8.45. The molecule has 5 heteroatoms. The molecule has 1 heterocycles. The van der Waals surface area contributed by atoms with Gasteiger partial charge >= 0.3 is 0 Å². The number of nitrogens with zero attached hydrogens (tertiary/aromatic N) is 3. The highest BCUT2D eigenvalue weighted by atomic mass is 19.1. The standard InChI is InChI=1S/C13H23FN4/c1-6-15-13-16-8-11(14)12(17-13)18(5)10(4)7-9(2)3/h8-10H,6-7H2,1-5H3,(H,15,16,17). The molecule has 0 aliphatic carbocycles. The van der Waals surface area contributed by atoms with Gasteiger partial charge in [0, 0.05) is 19.6 Å². The van der Waals surface area contributed by atoms with Crippen molar-refractivity contribution in [3.05, 3.63) is 12.0 Å². The molecule has 18 heavy (non-hydrogen) atoms. The molecule has 1 N–H and O–H groups in total. The third-order valence-electron chi connectivity index (χ3n) is 2.87. The third kappa shape index (κ3) is 3.82. The Balaban J connectivity index is 2.89. The fourth-order valence-electron chi connectivity index (χ4n) is 1.90. The molecular weight excluding hydrogens is 231 g/mol. The van der Waals surface area contributed by atoms with E-state index < -0.39 is 0 Å². The minimum absolute atomic E-state index is 0.240. The SMILES string of the molecule is CCNc1ncc(F)c(N(C)C(C)CC(C)C)n1. The van der Waals surface area contributed by atoms with Gasteiger partial charge in [-0.05, 0) is 26.2 Å². The minimum Gasteiger partial charge on any atom is -0.354 e. The van der Waals surface area contributed by atoms with E-state index >= 15 is 0 Å². The van der Waals surface area contributed by atoms with Gasteiger partial charge in [0.1, 0.15) is 0 Å². The van der Waals surface area contributed by atoms with Gasteiger partial charge in [0.2, 0.25) is 5.95 Å². The summed E-state index contributed by atoms with van der Waals surface area (Å²) in [6.45, 7) is 9.07. The van der Waals surface area contributed by atoms with Gasteiger partial charge in [-0.1, -0.05) is 13.8 Å². The molecule has 0 spiro atoms. The first-order valence-electron chi connectivity index (χ1n) is 6.44. The van der Waals surface area contributed by atoms with Crippen molar-refractivity contribution >= 4 is 11.8 Å². The molecule has 1 aromatic rings. The highest BCUT2D eigenvalue weighted by Crippen LogP contribution is 2.20. The number of anilines is 2. The Kier molecular flexibility index (Phi) is 5.31. The molecule has 0 aliphatic heterocycles. The quantitative estimate of drug-likeness (QED) is 0.847. The molecule has 0 amide bonds. The van der Waals surface area contributed by atoms with E-state index in [2.05, 4.69) is 36.1 Å². The van der Waals surface area contributed by atoms with Gasteiger partial charge in [0.15, 0.2) is 11.6 Å². The average Bonchev–Trinajstić information content (AvgIpc) is 2.30. The second-order valence-corrected chi connectivity index (χ2v) is 4.98. The Hall–Kier alpha value is -1.39. The number of nitrogens with one attached hydrogen (secondary N) is 1. The molecule has 0 bridgehead atoms. The molecule has 0 radical (unpaired) electrons. The van der Waals surface area contributed by atoms with Crippen LogP contribution in [0, 0.1) is 11.7 Å². The van der Waals surface area contributed by atoms with Crippen LogP contribution in [0.3, 0.4) is 0 Å². The number of aromatic nitrogens is 2. The lowest BCUT2D eigenvalue weighted by atomic mass is 10.0. The van der Waals surface area contributed by atoms with Crippen LogP contribution in [0.1, 0.15) is 34.1 Å². The van der Waals surface area contributed by atoms with Crippen LogP contribution in [0.15, 0.2) is 6.20 Å². The molecule has 4 nitrogen and oxygen atoms in total. The molecule has 0 saturated carbocycles. The van der Waals surface area contributed by atoms with Gasteiger partial charge in [-0.2, -0.15) is 4.98 Å². The van der Waals surface area contributed by atoms with Crippen LogP contribution in [0.5, 0.6) is 0 Å². The van der Waals surface area contributed by atoms with Crippen LogP contribution in [0.2, 0.25) is 0 Å². The van der Waals surface area contributed by atoms with Crippen LogP contribution >= 0.6 is 0 Å². The maximum atomic E-state index is 13.8. The van der Waals surface area contributed by atoms with Crippen LogP contribution in [0.4, 0.5) is 16.2 Å². The van der Waals surface area contributed by atoms with Crippen molar-refractivity contribution in [3.63, 3.8) is 0 Å². The van der Waals surface area contributed by atoms with E-state index in [9.17, 15) is 4.39 Å². The van der Waals surface area contributed by atoms with Gasteiger partial charge < -0.3 is 10.2 Å². The zero-order chi connectivity index (χ0) is 13.7. The lowest BCUT2D eigenvalue weighted by molar-refractivity contribution is 0.494. The normalized spacial score (nSPS) is 12.6. The molecule has 1 unspecified atom stereocenters. The molecule has 0 saturated heterocycles. The highest BCUT2D eigenvalue weighted by molar-refractivity contribution is 5.43. The Morgan fingerprint density at radius 3 is 2.61 bits per heavy atom. The molecule has 102 valence electrons. The second-order valence-electron chi connectivity index (χ2n) is 4.98. The molecular formula is C13H23FN4. The van der Waals surface area contributed by atoms with Crippen LogP contribution in [-0.4, -0.2) is 29.6 Å². The van der Waals surface area contributed by atoms with Gasteiger partial charge in [-0.3, -0.25) is 0 Å². The summed E-state index contributed by atoms with van der Waals surface area (Å²) in [6.07, 6.45) is 2.22. The lowest BCUT2D eigenvalue weighted by Gasteiger charge is -2.27. The summed E-state index contributed by atoms with van der Waals surface area (Å²) >= 11 is 0. The predicted molar refractivity (Wildman–Crippen MR) is 73.5 cm³/mol. The average molecular weight is 254 g/mol. The molecule has 0 aliphatic rings. The lowest BCUT2D eigenvalue weighted by Crippen LogP contribution is -2.31. The molecule has 0 fully saturated rings. The Morgan fingerprint density at radius 1 is 1.39 bits per heavy atom. The number of hydrogen-bond acceptors (Lipinski definition) is 4. The van der Waals surface area contributed by atoms with Gasteiger partial charge in [-0.15, -0.1) is 0 Å². The zero-order valence-electron chi connectivity index (χ0n) is 11.9. The highest BCUT2D eigenvalue weighted by Gasteiger charge is 2.17.